The lowest BCUT2D eigenvalue weighted by atomic mass is 9.94. The van der Waals surface area contributed by atoms with Crippen LogP contribution < -0.4 is 0 Å². The molecule has 0 aromatic carbocycles. The van der Waals surface area contributed by atoms with Crippen LogP contribution in [0, 0.1) is 0 Å². The van der Waals surface area contributed by atoms with Gasteiger partial charge in [0.2, 0.25) is 0 Å². The van der Waals surface area contributed by atoms with Gasteiger partial charge in [0.15, 0.2) is 0 Å². The van der Waals surface area contributed by atoms with Gasteiger partial charge in [0.25, 0.3) is 10.1 Å². The summed E-state index contributed by atoms with van der Waals surface area (Å²) in [6, 6.07) is 4.91. The van der Waals surface area contributed by atoms with E-state index in [1.807, 2.05) is 0 Å². The Morgan fingerprint density at radius 2 is 1.71 bits per heavy atom. The molecule has 0 saturated carbocycles. The van der Waals surface area contributed by atoms with Crippen molar-refractivity contribution < 1.29 is 26.1 Å². The average Bonchev–Trinajstić information content (AvgIpc) is 1.91. The van der Waals surface area contributed by atoms with Crippen LogP contribution in [0.5, 0.6) is 0 Å². The highest BCUT2D eigenvalue weighted by atomic mass is 32.2. The minimum absolute atomic E-state index is 0.0463. The molecule has 0 aromatic rings. The molecule has 0 aromatic heterocycles. The third-order valence-corrected chi connectivity index (χ3v) is 2.46. The van der Waals surface area contributed by atoms with Crippen molar-refractivity contribution in [1.82, 2.24) is 0 Å². The van der Waals surface area contributed by atoms with E-state index >= 15 is 0 Å². The molecule has 14 heavy (non-hydrogen) atoms. The number of alkyl halides is 3. The standard InChI is InChI=1S/C6H4O3S.CHF3/c7-10(8,9)6-3-4-1-2-5(4)6;2-1(3)4/h1-3H,(H,7,8,9);1H. The van der Waals surface area contributed by atoms with Crippen LogP contribution in [0.25, 0.3) is 11.1 Å². The summed E-state index contributed by atoms with van der Waals surface area (Å²) in [4.78, 5) is 0.0463. The fourth-order valence-corrected chi connectivity index (χ4v) is 1.71. The third kappa shape index (κ3) is 2.24. The first kappa shape index (κ1) is 11.0. The first-order valence-corrected chi connectivity index (χ1v) is 4.80. The van der Waals surface area contributed by atoms with Gasteiger partial charge in [-0.25, -0.2) is 0 Å². The lowest BCUT2D eigenvalue weighted by molar-refractivity contribution is 0.00819. The molecule has 0 atom stereocenters. The van der Waals surface area contributed by atoms with E-state index in [0.717, 1.165) is 5.56 Å². The monoisotopic (exact) mass is 226 g/mol. The third-order valence-electron chi connectivity index (χ3n) is 1.57. The molecule has 78 valence electrons. The Kier molecular flexibility index (Phi) is 2.81. The van der Waals surface area contributed by atoms with Crippen LogP contribution in [-0.4, -0.2) is 19.6 Å². The van der Waals surface area contributed by atoms with Crippen LogP contribution in [0.2, 0.25) is 0 Å². The van der Waals surface area contributed by atoms with Crippen LogP contribution in [0.3, 0.4) is 0 Å². The zero-order valence-electron chi connectivity index (χ0n) is 6.62. The van der Waals surface area contributed by atoms with E-state index in [1.54, 1.807) is 12.1 Å². The molecule has 2 rings (SSSR count). The Bertz CT molecular complexity index is 439. The molecule has 1 N–H and O–H groups in total. The van der Waals surface area contributed by atoms with Crippen molar-refractivity contribution in [3.8, 4) is 11.1 Å². The number of hydrogen-bond donors (Lipinski definition) is 1. The molecule has 0 saturated heterocycles. The normalized spacial score (nSPS) is 12.1. The average molecular weight is 226 g/mol. The highest BCUT2D eigenvalue weighted by Crippen LogP contribution is 2.39. The molecule has 7 heteroatoms. The van der Waals surface area contributed by atoms with Gasteiger partial charge in [0.1, 0.15) is 4.90 Å². The first-order valence-electron chi connectivity index (χ1n) is 3.36. The minimum Gasteiger partial charge on any atom is -0.282 e. The van der Waals surface area contributed by atoms with Crippen molar-refractivity contribution in [1.29, 1.82) is 0 Å². The van der Waals surface area contributed by atoms with E-state index < -0.39 is 16.8 Å². The Hall–Kier alpha value is -1.08. The zero-order valence-corrected chi connectivity index (χ0v) is 7.43. The Labute approximate surface area is 77.9 Å². The molecule has 2 aliphatic rings. The van der Waals surface area contributed by atoms with Gasteiger partial charge < -0.3 is 0 Å². The number of fused-ring (bicyclic) bond motifs is 1. The van der Waals surface area contributed by atoms with Crippen LogP contribution >= 0.6 is 0 Å². The predicted molar refractivity (Wildman–Crippen MR) is 42.4 cm³/mol. The van der Waals surface area contributed by atoms with Gasteiger partial charge in [-0.2, -0.15) is 21.6 Å². The SMILES string of the molecule is FC(F)F.O=S(=O)(O)c1cc2ccc1-2. The molecule has 0 radical (unpaired) electrons. The van der Waals surface area contributed by atoms with Crippen LogP contribution in [-0.2, 0) is 10.1 Å². The molecule has 2 aliphatic carbocycles. The quantitative estimate of drug-likeness (QED) is 0.757. The maximum atomic E-state index is 10.4. The van der Waals surface area contributed by atoms with Crippen molar-refractivity contribution in [2.24, 2.45) is 0 Å². The predicted octanol–water partition coefficient (Wildman–Crippen LogP) is 2.09. The number of rotatable bonds is 1. The van der Waals surface area contributed by atoms with Gasteiger partial charge in [0, 0.05) is 5.56 Å². The summed E-state index contributed by atoms with van der Waals surface area (Å²) in [5, 5.41) is 0. The molecular formula is C7H5F3O3S. The van der Waals surface area contributed by atoms with E-state index in [0.29, 0.717) is 5.56 Å². The largest absolute Gasteiger partial charge is 0.379 e. The minimum atomic E-state index is -3.94. The van der Waals surface area contributed by atoms with E-state index in [1.165, 1.54) is 6.07 Å². The summed E-state index contributed by atoms with van der Waals surface area (Å²) in [7, 11) is -3.94. The van der Waals surface area contributed by atoms with Gasteiger partial charge in [-0.05, 0) is 11.6 Å². The second-order valence-corrected chi connectivity index (χ2v) is 3.82. The smallest absolute Gasteiger partial charge is 0.282 e. The van der Waals surface area contributed by atoms with Crippen molar-refractivity contribution in [2.45, 2.75) is 11.6 Å². The van der Waals surface area contributed by atoms with E-state index in [-0.39, 0.29) is 4.90 Å². The topological polar surface area (TPSA) is 54.4 Å². The van der Waals surface area contributed by atoms with Gasteiger partial charge >= 0.3 is 6.68 Å². The summed E-state index contributed by atoms with van der Waals surface area (Å²) < 4.78 is 58.3. The lowest BCUT2D eigenvalue weighted by Gasteiger charge is -2.17. The molecule has 3 nitrogen and oxygen atoms in total. The summed E-state index contributed by atoms with van der Waals surface area (Å²) in [5.74, 6) is 0. The van der Waals surface area contributed by atoms with E-state index in [2.05, 4.69) is 0 Å². The van der Waals surface area contributed by atoms with Gasteiger partial charge in [-0.15, -0.1) is 0 Å². The van der Waals surface area contributed by atoms with Gasteiger partial charge in [-0.3, -0.25) is 4.55 Å². The second kappa shape index (κ2) is 3.58. The fourth-order valence-electron chi connectivity index (χ4n) is 0.968. The first-order chi connectivity index (χ1) is 6.32. The molecular weight excluding hydrogens is 221 g/mol. The second-order valence-electron chi connectivity index (χ2n) is 2.43. The van der Waals surface area contributed by atoms with Crippen LogP contribution in [0.15, 0.2) is 23.1 Å². The Morgan fingerprint density at radius 1 is 1.21 bits per heavy atom. The van der Waals surface area contributed by atoms with E-state index in [9.17, 15) is 21.6 Å². The Morgan fingerprint density at radius 3 is 1.79 bits per heavy atom. The molecule has 0 bridgehead atoms. The van der Waals surface area contributed by atoms with E-state index in [4.69, 9.17) is 4.55 Å². The highest BCUT2D eigenvalue weighted by molar-refractivity contribution is 7.86. The fraction of sp³-hybridized carbons (Fsp3) is 0.143. The maximum absolute atomic E-state index is 10.4. The van der Waals surface area contributed by atoms with Gasteiger partial charge in [-0.1, -0.05) is 12.1 Å². The lowest BCUT2D eigenvalue weighted by Crippen LogP contribution is -2.07. The summed E-state index contributed by atoms with van der Waals surface area (Å²) in [6.07, 6.45) is 0. The molecule has 0 fully saturated rings. The molecule has 0 heterocycles. The summed E-state index contributed by atoms with van der Waals surface area (Å²) >= 11 is 0. The van der Waals surface area contributed by atoms with Crippen LogP contribution in [0.1, 0.15) is 0 Å². The van der Waals surface area contributed by atoms with Crippen molar-refractivity contribution >= 4 is 10.1 Å². The number of halogens is 3. The molecule has 0 amide bonds. The molecule has 0 aliphatic heterocycles. The number of hydrogen-bond acceptors (Lipinski definition) is 2. The molecule has 0 unspecified atom stereocenters. The van der Waals surface area contributed by atoms with Crippen molar-refractivity contribution in [3.63, 3.8) is 0 Å². The zero-order chi connectivity index (χ0) is 10.9. The van der Waals surface area contributed by atoms with Crippen LogP contribution in [0.4, 0.5) is 13.2 Å². The summed E-state index contributed by atoms with van der Waals surface area (Å²) in [6.45, 7) is -3.67. The van der Waals surface area contributed by atoms with Crippen molar-refractivity contribution in [2.75, 3.05) is 0 Å². The Balaban J connectivity index is 0.000000213. The molecule has 0 spiro atoms. The maximum Gasteiger partial charge on any atom is 0.379 e. The van der Waals surface area contributed by atoms with Gasteiger partial charge in [0.05, 0.1) is 0 Å². The number of benzene rings is 1. The summed E-state index contributed by atoms with van der Waals surface area (Å²) in [5.41, 5.74) is 1.56. The van der Waals surface area contributed by atoms with Crippen molar-refractivity contribution in [3.05, 3.63) is 18.2 Å². The highest BCUT2D eigenvalue weighted by Gasteiger charge is 2.24.